The lowest BCUT2D eigenvalue weighted by molar-refractivity contribution is 0.0873. The summed E-state index contributed by atoms with van der Waals surface area (Å²) < 4.78 is 0. The summed E-state index contributed by atoms with van der Waals surface area (Å²) in [6, 6.07) is 11.0. The standard InChI is InChI=1S/C19H24ClN3S/c20-16-2-4-19-15(13-16)1-3-17(21-19)14-22-7-9-23(10-8-22)18-5-11-24-12-6-18/h1-4,13,18H,5-12,14H2. The van der Waals surface area contributed by atoms with Crippen molar-refractivity contribution in [3.8, 4) is 0 Å². The summed E-state index contributed by atoms with van der Waals surface area (Å²) in [7, 11) is 0. The number of halogens is 1. The van der Waals surface area contributed by atoms with E-state index in [9.17, 15) is 0 Å². The summed E-state index contributed by atoms with van der Waals surface area (Å²) in [5.41, 5.74) is 2.20. The topological polar surface area (TPSA) is 19.4 Å². The lowest BCUT2D eigenvalue weighted by Gasteiger charge is -2.40. The van der Waals surface area contributed by atoms with Crippen LogP contribution < -0.4 is 0 Å². The van der Waals surface area contributed by atoms with Crippen LogP contribution in [0.1, 0.15) is 18.5 Å². The van der Waals surface area contributed by atoms with E-state index in [0.717, 1.165) is 47.3 Å². The number of piperazine rings is 1. The van der Waals surface area contributed by atoms with Gasteiger partial charge in [0.05, 0.1) is 11.2 Å². The predicted octanol–water partition coefficient (Wildman–Crippen LogP) is 3.90. The minimum atomic E-state index is 0.772. The van der Waals surface area contributed by atoms with Crippen molar-refractivity contribution in [1.82, 2.24) is 14.8 Å². The van der Waals surface area contributed by atoms with Crippen LogP contribution in [-0.4, -0.2) is 58.5 Å². The molecule has 5 heteroatoms. The van der Waals surface area contributed by atoms with Crippen molar-refractivity contribution < 1.29 is 0 Å². The molecule has 1 aromatic heterocycles. The lowest BCUT2D eigenvalue weighted by atomic mass is 10.1. The van der Waals surface area contributed by atoms with Gasteiger partial charge in [0.25, 0.3) is 0 Å². The molecule has 3 heterocycles. The van der Waals surface area contributed by atoms with Gasteiger partial charge < -0.3 is 0 Å². The largest absolute Gasteiger partial charge is 0.298 e. The van der Waals surface area contributed by atoms with E-state index in [2.05, 4.69) is 33.7 Å². The third-order valence-corrected chi connectivity index (χ3v) is 6.49. The van der Waals surface area contributed by atoms with E-state index < -0.39 is 0 Å². The van der Waals surface area contributed by atoms with Gasteiger partial charge >= 0.3 is 0 Å². The van der Waals surface area contributed by atoms with Gasteiger partial charge in [-0.25, -0.2) is 0 Å². The van der Waals surface area contributed by atoms with Crippen molar-refractivity contribution in [2.75, 3.05) is 37.7 Å². The molecule has 0 aliphatic carbocycles. The average Bonchev–Trinajstić information content (AvgIpc) is 2.63. The molecule has 4 rings (SSSR count). The van der Waals surface area contributed by atoms with E-state index >= 15 is 0 Å². The number of hydrogen-bond donors (Lipinski definition) is 0. The number of rotatable bonds is 3. The Balaban J connectivity index is 1.35. The second-order valence-corrected chi connectivity index (χ2v) is 8.46. The zero-order valence-electron chi connectivity index (χ0n) is 14.0. The van der Waals surface area contributed by atoms with Crippen LogP contribution in [-0.2, 0) is 6.54 Å². The Hall–Kier alpha value is -0.810. The number of hydrogen-bond acceptors (Lipinski definition) is 4. The SMILES string of the molecule is Clc1ccc2nc(CN3CCN(C4CCSCC4)CC3)ccc2c1. The maximum Gasteiger partial charge on any atom is 0.0706 e. The fourth-order valence-electron chi connectivity index (χ4n) is 3.79. The summed E-state index contributed by atoms with van der Waals surface area (Å²) in [6.07, 6.45) is 2.75. The smallest absolute Gasteiger partial charge is 0.0706 e. The van der Waals surface area contributed by atoms with Crippen molar-refractivity contribution in [3.05, 3.63) is 41.0 Å². The molecule has 0 N–H and O–H groups in total. The zero-order valence-corrected chi connectivity index (χ0v) is 15.5. The maximum absolute atomic E-state index is 6.05. The average molecular weight is 362 g/mol. The Morgan fingerprint density at radius 3 is 2.62 bits per heavy atom. The van der Waals surface area contributed by atoms with Crippen molar-refractivity contribution in [2.24, 2.45) is 0 Å². The summed E-state index contributed by atoms with van der Waals surface area (Å²) in [5, 5.41) is 1.89. The van der Waals surface area contributed by atoms with Crippen LogP contribution in [0.4, 0.5) is 0 Å². The minimum Gasteiger partial charge on any atom is -0.298 e. The highest BCUT2D eigenvalue weighted by Crippen LogP contribution is 2.23. The monoisotopic (exact) mass is 361 g/mol. The first kappa shape index (κ1) is 16.6. The quantitative estimate of drug-likeness (QED) is 0.825. The molecule has 0 saturated carbocycles. The molecule has 3 nitrogen and oxygen atoms in total. The van der Waals surface area contributed by atoms with Gasteiger partial charge in [-0.1, -0.05) is 17.7 Å². The molecule has 2 fully saturated rings. The van der Waals surface area contributed by atoms with Gasteiger partial charge in [0.1, 0.15) is 0 Å². The highest BCUT2D eigenvalue weighted by molar-refractivity contribution is 7.99. The molecule has 2 aromatic rings. The molecule has 2 aliphatic heterocycles. The maximum atomic E-state index is 6.05. The summed E-state index contributed by atoms with van der Waals surface area (Å²) in [5.74, 6) is 2.69. The number of thioether (sulfide) groups is 1. The zero-order chi connectivity index (χ0) is 16.4. The number of fused-ring (bicyclic) bond motifs is 1. The van der Waals surface area contributed by atoms with Gasteiger partial charge in [0.2, 0.25) is 0 Å². The Morgan fingerprint density at radius 1 is 1.04 bits per heavy atom. The first-order valence-electron chi connectivity index (χ1n) is 8.87. The molecule has 2 aliphatic rings. The molecule has 0 radical (unpaired) electrons. The molecule has 0 atom stereocenters. The lowest BCUT2D eigenvalue weighted by Crippen LogP contribution is -2.50. The van der Waals surface area contributed by atoms with Gasteiger partial charge in [0.15, 0.2) is 0 Å². The number of aromatic nitrogens is 1. The van der Waals surface area contributed by atoms with Gasteiger partial charge in [-0.15, -0.1) is 0 Å². The molecular weight excluding hydrogens is 338 g/mol. The van der Waals surface area contributed by atoms with Crippen LogP contribution in [0.3, 0.4) is 0 Å². The molecule has 1 aromatic carbocycles. The fourth-order valence-corrected chi connectivity index (χ4v) is 5.05. The van der Waals surface area contributed by atoms with Gasteiger partial charge in [0, 0.05) is 49.2 Å². The number of benzene rings is 1. The molecule has 2 saturated heterocycles. The van der Waals surface area contributed by atoms with Crippen LogP contribution in [0, 0.1) is 0 Å². The van der Waals surface area contributed by atoms with Crippen molar-refractivity contribution in [3.63, 3.8) is 0 Å². The summed E-state index contributed by atoms with van der Waals surface area (Å²) in [6.45, 7) is 5.68. The van der Waals surface area contributed by atoms with Crippen LogP contribution in [0.2, 0.25) is 5.02 Å². The van der Waals surface area contributed by atoms with Gasteiger partial charge in [-0.05, 0) is 48.6 Å². The highest BCUT2D eigenvalue weighted by Gasteiger charge is 2.25. The molecule has 0 unspecified atom stereocenters. The fraction of sp³-hybridized carbons (Fsp3) is 0.526. The third kappa shape index (κ3) is 3.88. The van der Waals surface area contributed by atoms with Crippen LogP contribution in [0.15, 0.2) is 30.3 Å². The molecule has 128 valence electrons. The highest BCUT2D eigenvalue weighted by atomic mass is 35.5. The Morgan fingerprint density at radius 2 is 1.83 bits per heavy atom. The van der Waals surface area contributed by atoms with Crippen molar-refractivity contribution in [2.45, 2.75) is 25.4 Å². The van der Waals surface area contributed by atoms with Crippen molar-refractivity contribution >= 4 is 34.3 Å². The van der Waals surface area contributed by atoms with E-state index in [1.807, 2.05) is 18.2 Å². The predicted molar refractivity (Wildman–Crippen MR) is 104 cm³/mol. The molecule has 24 heavy (non-hydrogen) atoms. The second kappa shape index (κ2) is 7.61. The Kier molecular flexibility index (Phi) is 5.28. The molecule has 0 bridgehead atoms. The molecular formula is C19H24ClN3S. The normalized spacial score (nSPS) is 21.4. The van der Waals surface area contributed by atoms with Gasteiger partial charge in [-0.3, -0.25) is 14.8 Å². The van der Waals surface area contributed by atoms with Crippen LogP contribution in [0.25, 0.3) is 10.9 Å². The number of pyridine rings is 1. The van der Waals surface area contributed by atoms with Crippen molar-refractivity contribution in [1.29, 1.82) is 0 Å². The summed E-state index contributed by atoms with van der Waals surface area (Å²) >= 11 is 8.16. The summed E-state index contributed by atoms with van der Waals surface area (Å²) in [4.78, 5) is 10.1. The molecule has 0 amide bonds. The second-order valence-electron chi connectivity index (χ2n) is 6.80. The first-order chi connectivity index (χ1) is 11.8. The van der Waals surface area contributed by atoms with Crippen LogP contribution >= 0.6 is 23.4 Å². The van der Waals surface area contributed by atoms with Gasteiger partial charge in [-0.2, -0.15) is 11.8 Å². The first-order valence-corrected chi connectivity index (χ1v) is 10.4. The molecule has 0 spiro atoms. The third-order valence-electron chi connectivity index (χ3n) is 5.21. The van der Waals surface area contributed by atoms with Crippen LogP contribution in [0.5, 0.6) is 0 Å². The minimum absolute atomic E-state index is 0.772. The Bertz CT molecular complexity index is 694. The van der Waals surface area contributed by atoms with E-state index in [1.165, 1.54) is 37.4 Å². The van der Waals surface area contributed by atoms with E-state index in [-0.39, 0.29) is 0 Å². The number of nitrogens with zero attached hydrogens (tertiary/aromatic N) is 3. The van der Waals surface area contributed by atoms with E-state index in [0.29, 0.717) is 0 Å². The van der Waals surface area contributed by atoms with E-state index in [1.54, 1.807) is 0 Å². The Labute approximate surface area is 153 Å². The van der Waals surface area contributed by atoms with E-state index in [4.69, 9.17) is 16.6 Å².